The van der Waals surface area contributed by atoms with E-state index in [1.165, 1.54) is 0 Å². The molecule has 5 aromatic rings. The number of benzene rings is 4. The third-order valence-electron chi connectivity index (χ3n) is 7.03. The number of aromatic nitrogens is 4. The summed E-state index contributed by atoms with van der Waals surface area (Å²) >= 11 is 0. The molecule has 1 aliphatic heterocycles. The summed E-state index contributed by atoms with van der Waals surface area (Å²) in [5.74, 6) is 0.680. The molecule has 2 heterocycles. The Kier molecular flexibility index (Phi) is 5.45. The maximum atomic E-state index is 6.09. The molecule has 1 aliphatic rings. The van der Waals surface area contributed by atoms with Crippen LogP contribution in [0.5, 0.6) is 0 Å². The summed E-state index contributed by atoms with van der Waals surface area (Å²) < 4.78 is 8.06. The van der Waals surface area contributed by atoms with Crippen LogP contribution in [0.3, 0.4) is 0 Å². The summed E-state index contributed by atoms with van der Waals surface area (Å²) in [5.41, 5.74) is 3.92. The smallest absolute Gasteiger partial charge is 0.184 e. The minimum atomic E-state index is -0.800. The monoisotopic (exact) mass is 470 g/mol. The lowest BCUT2D eigenvalue weighted by Crippen LogP contribution is -2.39. The molecule has 0 saturated carbocycles. The fourth-order valence-electron chi connectivity index (χ4n) is 5.32. The van der Waals surface area contributed by atoms with Crippen LogP contribution < -0.4 is 0 Å². The molecule has 0 fully saturated rings. The summed E-state index contributed by atoms with van der Waals surface area (Å²) in [7, 11) is 0. The molecule has 176 valence electrons. The summed E-state index contributed by atoms with van der Waals surface area (Å²) in [5, 5.41) is 13.5. The van der Waals surface area contributed by atoms with Gasteiger partial charge in [0.1, 0.15) is 11.1 Å². The van der Waals surface area contributed by atoms with Gasteiger partial charge in [-0.1, -0.05) is 115 Å². The van der Waals surface area contributed by atoms with Crippen LogP contribution in [-0.2, 0) is 15.9 Å². The van der Waals surface area contributed by atoms with Crippen molar-refractivity contribution in [3.8, 4) is 11.4 Å². The van der Waals surface area contributed by atoms with Gasteiger partial charge in [-0.05, 0) is 40.1 Å². The van der Waals surface area contributed by atoms with Crippen LogP contribution in [-0.4, -0.2) is 20.2 Å². The first-order valence-electron chi connectivity index (χ1n) is 12.1. The van der Waals surface area contributed by atoms with Gasteiger partial charge in [-0.3, -0.25) is 0 Å². The van der Waals surface area contributed by atoms with Gasteiger partial charge in [0.2, 0.25) is 0 Å². The minimum Gasteiger partial charge on any atom is -0.490 e. The second-order valence-electron chi connectivity index (χ2n) is 9.19. The van der Waals surface area contributed by atoms with Crippen molar-refractivity contribution < 1.29 is 4.74 Å². The van der Waals surface area contributed by atoms with E-state index in [1.807, 2.05) is 35.0 Å². The Morgan fingerprint density at radius 1 is 0.722 bits per heavy atom. The molecule has 36 heavy (non-hydrogen) atoms. The molecule has 5 nitrogen and oxygen atoms in total. The molecule has 5 heteroatoms. The van der Waals surface area contributed by atoms with Gasteiger partial charge in [0.15, 0.2) is 5.82 Å². The largest absolute Gasteiger partial charge is 0.490 e. The molecule has 0 radical (unpaired) electrons. The second-order valence-corrected chi connectivity index (χ2v) is 9.19. The maximum absolute atomic E-state index is 6.09. The third kappa shape index (κ3) is 3.43. The van der Waals surface area contributed by atoms with Gasteiger partial charge in [0.05, 0.1) is 6.26 Å². The van der Waals surface area contributed by atoms with Crippen molar-refractivity contribution in [3.63, 3.8) is 0 Å². The van der Waals surface area contributed by atoms with E-state index in [9.17, 15) is 0 Å². The maximum Gasteiger partial charge on any atom is 0.184 e. The number of rotatable bonds is 6. The molecular formula is C31H26N4O. The van der Waals surface area contributed by atoms with Crippen molar-refractivity contribution in [3.05, 3.63) is 150 Å². The van der Waals surface area contributed by atoms with Crippen LogP contribution in [0.2, 0.25) is 0 Å². The number of nitrogens with zero attached hydrogens (tertiary/aromatic N) is 4. The Morgan fingerprint density at radius 3 is 1.78 bits per heavy atom. The SMILES string of the molecule is CC1(c2ccccc2-c2nnnn2C(c2ccccc2)(c2ccccc2)c2ccccc2)CC=CO1. The molecular weight excluding hydrogens is 444 g/mol. The average molecular weight is 471 g/mol. The molecule has 4 aromatic carbocycles. The molecule has 6 rings (SSSR count). The molecule has 1 atom stereocenters. The number of ether oxygens (including phenoxy) is 1. The zero-order chi connectivity index (χ0) is 24.4. The van der Waals surface area contributed by atoms with Crippen molar-refractivity contribution in [2.24, 2.45) is 0 Å². The third-order valence-corrected chi connectivity index (χ3v) is 7.03. The van der Waals surface area contributed by atoms with Crippen LogP contribution in [0.4, 0.5) is 0 Å². The number of hydrogen-bond donors (Lipinski definition) is 0. The van der Waals surface area contributed by atoms with Crippen molar-refractivity contribution in [1.29, 1.82) is 0 Å². The fourth-order valence-corrected chi connectivity index (χ4v) is 5.32. The van der Waals surface area contributed by atoms with E-state index in [4.69, 9.17) is 4.74 Å². The summed E-state index contributed by atoms with van der Waals surface area (Å²) in [4.78, 5) is 0. The van der Waals surface area contributed by atoms with Crippen molar-refractivity contribution in [2.75, 3.05) is 0 Å². The van der Waals surface area contributed by atoms with Crippen LogP contribution in [0.15, 0.2) is 128 Å². The van der Waals surface area contributed by atoms with E-state index < -0.39 is 11.1 Å². The lowest BCUT2D eigenvalue weighted by atomic mass is 9.76. The number of hydrogen-bond acceptors (Lipinski definition) is 4. The standard InChI is InChI=1S/C31H26N4O/c1-30(22-13-23-36-30)28-21-12-11-20-27(28)29-32-33-34-35(29)31(24-14-5-2-6-15-24,25-16-7-3-8-17-25)26-18-9-4-10-19-26/h2-21,23H,22H2,1H3. The van der Waals surface area contributed by atoms with E-state index in [2.05, 4.69) is 113 Å². The highest BCUT2D eigenvalue weighted by Crippen LogP contribution is 2.44. The first-order valence-corrected chi connectivity index (χ1v) is 12.1. The molecule has 0 aliphatic carbocycles. The lowest BCUT2D eigenvalue weighted by Gasteiger charge is -2.36. The van der Waals surface area contributed by atoms with Gasteiger partial charge in [0, 0.05) is 17.5 Å². The van der Waals surface area contributed by atoms with Crippen LogP contribution in [0.25, 0.3) is 11.4 Å². The zero-order valence-electron chi connectivity index (χ0n) is 20.0. The van der Waals surface area contributed by atoms with Gasteiger partial charge in [0.25, 0.3) is 0 Å². The molecule has 0 N–H and O–H groups in total. The van der Waals surface area contributed by atoms with Gasteiger partial charge in [-0.15, -0.1) is 5.10 Å². The quantitative estimate of drug-likeness (QED) is 0.272. The Morgan fingerprint density at radius 2 is 1.25 bits per heavy atom. The van der Waals surface area contributed by atoms with E-state index in [0.29, 0.717) is 5.82 Å². The minimum absolute atomic E-state index is 0.484. The van der Waals surface area contributed by atoms with E-state index in [-0.39, 0.29) is 0 Å². The Balaban J connectivity index is 1.69. The topological polar surface area (TPSA) is 52.8 Å². The van der Waals surface area contributed by atoms with Crippen molar-refractivity contribution in [1.82, 2.24) is 20.2 Å². The highest BCUT2D eigenvalue weighted by Gasteiger charge is 2.43. The van der Waals surface area contributed by atoms with E-state index in [1.54, 1.807) is 6.26 Å². The highest BCUT2D eigenvalue weighted by atomic mass is 16.5. The second kappa shape index (κ2) is 8.93. The van der Waals surface area contributed by atoms with Gasteiger partial charge in [-0.2, -0.15) is 0 Å². The number of tetrazole rings is 1. The summed E-state index contributed by atoms with van der Waals surface area (Å²) in [6.07, 6.45) is 4.62. The predicted molar refractivity (Wildman–Crippen MR) is 140 cm³/mol. The molecule has 0 amide bonds. The van der Waals surface area contributed by atoms with Crippen LogP contribution in [0, 0.1) is 0 Å². The fraction of sp³-hybridized carbons (Fsp3) is 0.129. The molecule has 1 unspecified atom stereocenters. The Bertz CT molecular complexity index is 1390. The normalized spacial score (nSPS) is 17.1. The lowest BCUT2D eigenvalue weighted by molar-refractivity contribution is 0.0614. The highest BCUT2D eigenvalue weighted by molar-refractivity contribution is 5.64. The van der Waals surface area contributed by atoms with Crippen LogP contribution >= 0.6 is 0 Å². The van der Waals surface area contributed by atoms with Crippen molar-refractivity contribution >= 4 is 0 Å². The Hall–Kier alpha value is -4.51. The molecule has 0 saturated heterocycles. The van der Waals surface area contributed by atoms with E-state index >= 15 is 0 Å². The molecule has 0 bridgehead atoms. The molecule has 0 spiro atoms. The summed E-state index contributed by atoms with van der Waals surface area (Å²) in [6, 6.07) is 39.6. The molecule has 1 aromatic heterocycles. The van der Waals surface area contributed by atoms with Gasteiger partial charge in [-0.25, -0.2) is 4.68 Å². The first-order chi connectivity index (χ1) is 17.7. The predicted octanol–water partition coefficient (Wildman–Crippen LogP) is 6.33. The van der Waals surface area contributed by atoms with Crippen molar-refractivity contribution in [2.45, 2.75) is 24.5 Å². The van der Waals surface area contributed by atoms with Crippen LogP contribution in [0.1, 0.15) is 35.6 Å². The first kappa shape index (κ1) is 22.0. The van der Waals surface area contributed by atoms with Gasteiger partial charge >= 0.3 is 0 Å². The van der Waals surface area contributed by atoms with Gasteiger partial charge < -0.3 is 4.74 Å². The van der Waals surface area contributed by atoms with E-state index in [0.717, 1.165) is 34.2 Å². The summed E-state index contributed by atoms with van der Waals surface area (Å²) in [6.45, 7) is 2.11. The average Bonchev–Trinajstić information content (AvgIpc) is 3.62. The Labute approximate surface area is 210 Å². The zero-order valence-corrected chi connectivity index (χ0v) is 20.0.